The monoisotopic (exact) mass is 428 g/mol. The smallest absolute Gasteiger partial charge is 0.329 e. The van der Waals surface area contributed by atoms with Crippen LogP contribution in [0.2, 0.25) is 0 Å². The van der Waals surface area contributed by atoms with Crippen molar-refractivity contribution in [2.24, 2.45) is 5.92 Å². The first-order chi connectivity index (χ1) is 14.5. The lowest BCUT2D eigenvalue weighted by Gasteiger charge is -2.29. The standard InChI is InChI=1S/C23H28N2O4S/c1-4-28-19-12-10-18(11-13-19)24-23(27)25-20(22(26)29-14-16(2)3)15-30-21(25)17-8-6-5-7-9-17/h5-13,16,20-21H,4,14-15H2,1-3H3,(H,24,27). The van der Waals surface area contributed by atoms with E-state index in [4.69, 9.17) is 9.47 Å². The Morgan fingerprint density at radius 3 is 2.47 bits per heavy atom. The van der Waals surface area contributed by atoms with Crippen LogP contribution in [0.4, 0.5) is 10.5 Å². The Hall–Kier alpha value is -2.67. The number of anilines is 1. The highest BCUT2D eigenvalue weighted by atomic mass is 32.2. The van der Waals surface area contributed by atoms with Gasteiger partial charge in [-0.25, -0.2) is 9.59 Å². The summed E-state index contributed by atoms with van der Waals surface area (Å²) in [6.07, 6.45) is 0. The molecule has 1 N–H and O–H groups in total. The zero-order valence-electron chi connectivity index (χ0n) is 17.5. The number of thioether (sulfide) groups is 1. The number of ether oxygens (including phenoxy) is 2. The number of carbonyl (C=O) groups is 2. The van der Waals surface area contributed by atoms with E-state index >= 15 is 0 Å². The third-order valence-corrected chi connectivity index (χ3v) is 5.89. The van der Waals surface area contributed by atoms with Crippen LogP contribution < -0.4 is 10.1 Å². The second kappa shape index (κ2) is 10.4. The van der Waals surface area contributed by atoms with Crippen LogP contribution in [-0.2, 0) is 9.53 Å². The van der Waals surface area contributed by atoms with E-state index in [1.54, 1.807) is 40.9 Å². The van der Waals surface area contributed by atoms with E-state index in [2.05, 4.69) is 5.32 Å². The summed E-state index contributed by atoms with van der Waals surface area (Å²) in [6, 6.07) is 16.0. The molecule has 2 amide bonds. The minimum atomic E-state index is -0.637. The average molecular weight is 429 g/mol. The fourth-order valence-electron chi connectivity index (χ4n) is 3.14. The topological polar surface area (TPSA) is 67.9 Å². The van der Waals surface area contributed by atoms with E-state index < -0.39 is 6.04 Å². The molecule has 6 nitrogen and oxygen atoms in total. The van der Waals surface area contributed by atoms with Gasteiger partial charge in [-0.2, -0.15) is 0 Å². The molecule has 0 spiro atoms. The molecule has 1 aliphatic heterocycles. The molecule has 0 saturated carbocycles. The highest BCUT2D eigenvalue weighted by Gasteiger charge is 2.43. The maximum absolute atomic E-state index is 13.2. The van der Waals surface area contributed by atoms with Crippen molar-refractivity contribution in [2.75, 3.05) is 24.3 Å². The molecule has 1 aliphatic rings. The summed E-state index contributed by atoms with van der Waals surface area (Å²) in [5.41, 5.74) is 1.62. The lowest BCUT2D eigenvalue weighted by molar-refractivity contribution is -0.149. The number of nitrogens with zero attached hydrogens (tertiary/aromatic N) is 1. The lowest BCUT2D eigenvalue weighted by atomic mass is 10.2. The van der Waals surface area contributed by atoms with Crippen LogP contribution in [0.5, 0.6) is 5.75 Å². The molecule has 0 aliphatic carbocycles. The lowest BCUT2D eigenvalue weighted by Crippen LogP contribution is -2.46. The maximum atomic E-state index is 13.2. The van der Waals surface area contributed by atoms with E-state index in [0.29, 0.717) is 24.7 Å². The van der Waals surface area contributed by atoms with Gasteiger partial charge in [0.05, 0.1) is 13.2 Å². The highest BCUT2D eigenvalue weighted by molar-refractivity contribution is 7.99. The van der Waals surface area contributed by atoms with Gasteiger partial charge in [-0.1, -0.05) is 44.2 Å². The summed E-state index contributed by atoms with van der Waals surface area (Å²) in [5.74, 6) is 1.10. The van der Waals surface area contributed by atoms with Gasteiger partial charge < -0.3 is 14.8 Å². The molecule has 1 saturated heterocycles. The van der Waals surface area contributed by atoms with Gasteiger partial charge in [-0.05, 0) is 42.7 Å². The average Bonchev–Trinajstić information content (AvgIpc) is 3.19. The zero-order chi connectivity index (χ0) is 21.5. The van der Waals surface area contributed by atoms with Crippen molar-refractivity contribution < 1.29 is 19.1 Å². The number of nitrogens with one attached hydrogen (secondary N) is 1. The number of esters is 1. The van der Waals surface area contributed by atoms with Gasteiger partial charge >= 0.3 is 12.0 Å². The van der Waals surface area contributed by atoms with Crippen molar-refractivity contribution in [3.8, 4) is 5.75 Å². The number of hydrogen-bond donors (Lipinski definition) is 1. The molecule has 3 rings (SSSR count). The fourth-order valence-corrected chi connectivity index (χ4v) is 4.56. The van der Waals surface area contributed by atoms with Crippen molar-refractivity contribution in [2.45, 2.75) is 32.2 Å². The van der Waals surface area contributed by atoms with Crippen LogP contribution in [0, 0.1) is 5.92 Å². The van der Waals surface area contributed by atoms with Gasteiger partial charge in [0, 0.05) is 11.4 Å². The van der Waals surface area contributed by atoms with Gasteiger partial charge in [0.25, 0.3) is 0 Å². The number of hydrogen-bond acceptors (Lipinski definition) is 5. The van der Waals surface area contributed by atoms with E-state index in [0.717, 1.165) is 11.3 Å². The molecular formula is C23H28N2O4S. The summed E-state index contributed by atoms with van der Waals surface area (Å²) in [7, 11) is 0. The van der Waals surface area contributed by atoms with Crippen LogP contribution in [0.1, 0.15) is 31.7 Å². The zero-order valence-corrected chi connectivity index (χ0v) is 18.4. The second-order valence-electron chi connectivity index (χ2n) is 7.43. The quantitative estimate of drug-likeness (QED) is 0.633. The summed E-state index contributed by atoms with van der Waals surface area (Å²) in [4.78, 5) is 27.6. The molecule has 2 unspecified atom stereocenters. The molecule has 1 fully saturated rings. The first kappa shape index (κ1) is 22.0. The van der Waals surface area contributed by atoms with E-state index in [-0.39, 0.29) is 23.3 Å². The normalized spacial score (nSPS) is 18.3. The number of rotatable bonds is 7. The van der Waals surface area contributed by atoms with Crippen molar-refractivity contribution in [3.05, 3.63) is 60.2 Å². The van der Waals surface area contributed by atoms with Crippen LogP contribution in [0.3, 0.4) is 0 Å². The molecular weight excluding hydrogens is 400 g/mol. The largest absolute Gasteiger partial charge is 0.494 e. The van der Waals surface area contributed by atoms with Crippen molar-refractivity contribution in [3.63, 3.8) is 0 Å². The van der Waals surface area contributed by atoms with Gasteiger partial charge in [0.2, 0.25) is 0 Å². The Morgan fingerprint density at radius 2 is 1.83 bits per heavy atom. The molecule has 2 atom stereocenters. The molecule has 160 valence electrons. The highest BCUT2D eigenvalue weighted by Crippen LogP contribution is 2.42. The third kappa shape index (κ3) is 5.48. The van der Waals surface area contributed by atoms with E-state index in [9.17, 15) is 9.59 Å². The molecule has 0 aromatic heterocycles. The Kier molecular flexibility index (Phi) is 7.63. The fraction of sp³-hybridized carbons (Fsp3) is 0.391. The predicted molar refractivity (Wildman–Crippen MR) is 120 cm³/mol. The summed E-state index contributed by atoms with van der Waals surface area (Å²) in [6.45, 7) is 6.81. The molecule has 30 heavy (non-hydrogen) atoms. The summed E-state index contributed by atoms with van der Waals surface area (Å²) in [5, 5.41) is 2.65. The van der Waals surface area contributed by atoms with Gasteiger partial charge in [0.15, 0.2) is 0 Å². The molecule has 1 heterocycles. The number of amides is 2. The number of carbonyl (C=O) groups excluding carboxylic acids is 2. The van der Waals surface area contributed by atoms with E-state index in [1.165, 1.54) is 0 Å². The molecule has 2 aromatic carbocycles. The second-order valence-corrected chi connectivity index (χ2v) is 8.54. The minimum Gasteiger partial charge on any atom is -0.494 e. The summed E-state index contributed by atoms with van der Waals surface area (Å²) < 4.78 is 10.9. The Balaban J connectivity index is 1.79. The molecule has 7 heteroatoms. The Labute approximate surface area is 181 Å². The number of benzene rings is 2. The van der Waals surface area contributed by atoms with Gasteiger partial charge in [0.1, 0.15) is 17.2 Å². The molecule has 0 radical (unpaired) electrons. The molecule has 0 bridgehead atoms. The van der Waals surface area contributed by atoms with Gasteiger partial charge in [-0.15, -0.1) is 11.8 Å². The molecule has 2 aromatic rings. The SMILES string of the molecule is CCOc1ccc(NC(=O)N2C(C(=O)OCC(C)C)CSC2c2ccccc2)cc1. The van der Waals surface area contributed by atoms with Crippen LogP contribution in [-0.4, -0.2) is 41.9 Å². The number of urea groups is 1. The van der Waals surface area contributed by atoms with Crippen molar-refractivity contribution in [1.29, 1.82) is 0 Å². The van der Waals surface area contributed by atoms with Crippen LogP contribution >= 0.6 is 11.8 Å². The van der Waals surface area contributed by atoms with Crippen molar-refractivity contribution >= 4 is 29.4 Å². The Morgan fingerprint density at radius 1 is 1.13 bits per heavy atom. The Bertz CT molecular complexity index is 842. The third-order valence-electron chi connectivity index (χ3n) is 4.57. The first-order valence-corrected chi connectivity index (χ1v) is 11.2. The van der Waals surface area contributed by atoms with Gasteiger partial charge in [-0.3, -0.25) is 4.90 Å². The predicted octanol–water partition coefficient (Wildman–Crippen LogP) is 4.93. The first-order valence-electron chi connectivity index (χ1n) is 10.1. The van der Waals surface area contributed by atoms with Crippen molar-refractivity contribution in [1.82, 2.24) is 4.90 Å². The maximum Gasteiger partial charge on any atom is 0.329 e. The minimum absolute atomic E-state index is 0.235. The summed E-state index contributed by atoms with van der Waals surface area (Å²) >= 11 is 1.57. The van der Waals surface area contributed by atoms with Crippen LogP contribution in [0.25, 0.3) is 0 Å². The van der Waals surface area contributed by atoms with E-state index in [1.807, 2.05) is 51.1 Å². The van der Waals surface area contributed by atoms with Crippen LogP contribution in [0.15, 0.2) is 54.6 Å².